The lowest BCUT2D eigenvalue weighted by atomic mass is 10.0. The second-order valence-electron chi connectivity index (χ2n) is 4.70. The summed E-state index contributed by atoms with van der Waals surface area (Å²) in [6, 6.07) is 13.6. The van der Waals surface area contributed by atoms with Gasteiger partial charge in [-0.2, -0.15) is 0 Å². The van der Waals surface area contributed by atoms with E-state index in [-0.39, 0.29) is 5.78 Å². The Morgan fingerprint density at radius 3 is 2.65 bits per heavy atom. The van der Waals surface area contributed by atoms with Crippen molar-refractivity contribution < 1.29 is 4.79 Å². The molecule has 1 aromatic heterocycles. The normalized spacial score (nSPS) is 10.9. The summed E-state index contributed by atoms with van der Waals surface area (Å²) < 4.78 is 0.825. The zero-order chi connectivity index (χ0) is 14.1. The average molecular weight is 328 g/mol. The number of H-pyrrole nitrogens is 1. The van der Waals surface area contributed by atoms with E-state index in [0.717, 1.165) is 27.4 Å². The van der Waals surface area contributed by atoms with E-state index < -0.39 is 0 Å². The number of hydrogen-bond donors (Lipinski definition) is 1. The van der Waals surface area contributed by atoms with Gasteiger partial charge in [-0.3, -0.25) is 4.79 Å². The Labute approximate surface area is 126 Å². The molecule has 3 heteroatoms. The van der Waals surface area contributed by atoms with Crippen LogP contribution in [0.1, 0.15) is 28.4 Å². The Hall–Kier alpha value is -1.87. The second-order valence-corrected chi connectivity index (χ2v) is 5.56. The van der Waals surface area contributed by atoms with E-state index in [1.54, 1.807) is 0 Å². The number of carbonyl (C=O) groups is 1. The zero-order valence-corrected chi connectivity index (χ0v) is 12.7. The van der Waals surface area contributed by atoms with Crippen molar-refractivity contribution >= 4 is 32.6 Å². The van der Waals surface area contributed by atoms with Gasteiger partial charge < -0.3 is 4.98 Å². The summed E-state index contributed by atoms with van der Waals surface area (Å²) >= 11 is 3.44. The Bertz CT molecular complexity index is 789. The number of nitrogens with one attached hydrogen (secondary N) is 1. The number of halogens is 1. The molecule has 0 radical (unpaired) electrons. The topological polar surface area (TPSA) is 32.9 Å². The summed E-state index contributed by atoms with van der Waals surface area (Å²) in [5, 5.41) is 0.991. The van der Waals surface area contributed by atoms with E-state index in [4.69, 9.17) is 0 Å². The number of carbonyl (C=O) groups excluding carboxylic acids is 1. The molecule has 0 atom stereocenters. The van der Waals surface area contributed by atoms with Crippen molar-refractivity contribution in [3.05, 3.63) is 69.8 Å². The molecule has 3 aromatic rings. The Balaban J connectivity index is 2.16. The number of rotatable bonds is 3. The van der Waals surface area contributed by atoms with Crippen molar-refractivity contribution in [3.8, 4) is 0 Å². The minimum absolute atomic E-state index is 0.0389. The molecular formula is C17H14BrNO. The maximum absolute atomic E-state index is 12.7. The van der Waals surface area contributed by atoms with Crippen molar-refractivity contribution in [1.82, 2.24) is 4.98 Å². The van der Waals surface area contributed by atoms with Crippen LogP contribution >= 0.6 is 15.9 Å². The van der Waals surface area contributed by atoms with E-state index in [9.17, 15) is 4.79 Å². The SMILES string of the molecule is CCc1cccc2c(C(=O)c3ccccc3Br)c[nH]c12. The van der Waals surface area contributed by atoms with Gasteiger partial charge in [-0.15, -0.1) is 0 Å². The molecule has 3 rings (SSSR count). The third-order valence-corrected chi connectivity index (χ3v) is 4.24. The summed E-state index contributed by atoms with van der Waals surface area (Å²) in [4.78, 5) is 15.9. The van der Waals surface area contributed by atoms with Gasteiger partial charge in [0.25, 0.3) is 0 Å². The maximum Gasteiger partial charge on any atom is 0.196 e. The van der Waals surface area contributed by atoms with Crippen LogP contribution in [-0.4, -0.2) is 10.8 Å². The van der Waals surface area contributed by atoms with Gasteiger partial charge in [-0.25, -0.2) is 0 Å². The van der Waals surface area contributed by atoms with Crippen molar-refractivity contribution in [3.63, 3.8) is 0 Å². The van der Waals surface area contributed by atoms with Crippen molar-refractivity contribution in [2.75, 3.05) is 0 Å². The first-order valence-corrected chi connectivity index (χ1v) is 7.40. The number of aromatic amines is 1. The molecule has 0 aliphatic rings. The number of fused-ring (bicyclic) bond motifs is 1. The number of benzene rings is 2. The van der Waals surface area contributed by atoms with Crippen molar-refractivity contribution in [2.45, 2.75) is 13.3 Å². The number of aryl methyl sites for hydroxylation is 1. The smallest absolute Gasteiger partial charge is 0.196 e. The summed E-state index contributed by atoms with van der Waals surface area (Å²) in [5.41, 5.74) is 3.71. The minimum Gasteiger partial charge on any atom is -0.360 e. The molecule has 0 saturated heterocycles. The van der Waals surface area contributed by atoms with Crippen molar-refractivity contribution in [2.24, 2.45) is 0 Å². The summed E-state index contributed by atoms with van der Waals surface area (Å²) in [7, 11) is 0. The monoisotopic (exact) mass is 327 g/mol. The number of ketones is 1. The van der Waals surface area contributed by atoms with Crippen LogP contribution in [0.15, 0.2) is 53.1 Å². The first-order chi connectivity index (χ1) is 9.72. The van der Waals surface area contributed by atoms with Crippen LogP contribution < -0.4 is 0 Å². The van der Waals surface area contributed by atoms with Gasteiger partial charge in [0.1, 0.15) is 0 Å². The molecule has 0 aliphatic carbocycles. The van der Waals surface area contributed by atoms with Gasteiger partial charge in [-0.05, 0) is 24.1 Å². The first-order valence-electron chi connectivity index (χ1n) is 6.60. The molecule has 1 heterocycles. The van der Waals surface area contributed by atoms with Crippen LogP contribution in [0.25, 0.3) is 10.9 Å². The number of aromatic nitrogens is 1. The number of para-hydroxylation sites is 1. The molecule has 0 spiro atoms. The third kappa shape index (κ3) is 2.08. The lowest BCUT2D eigenvalue weighted by molar-refractivity contribution is 0.103. The van der Waals surface area contributed by atoms with E-state index >= 15 is 0 Å². The third-order valence-electron chi connectivity index (χ3n) is 3.55. The molecule has 2 aromatic carbocycles. The van der Waals surface area contributed by atoms with Crippen LogP contribution in [0, 0.1) is 0 Å². The fourth-order valence-electron chi connectivity index (χ4n) is 2.49. The molecule has 0 bridgehead atoms. The van der Waals surface area contributed by atoms with Crippen LogP contribution in [0.4, 0.5) is 0 Å². The van der Waals surface area contributed by atoms with E-state index in [2.05, 4.69) is 33.9 Å². The van der Waals surface area contributed by atoms with Crippen LogP contribution in [0.5, 0.6) is 0 Å². The maximum atomic E-state index is 12.7. The average Bonchev–Trinajstić information content (AvgIpc) is 2.91. The predicted molar refractivity (Wildman–Crippen MR) is 85.3 cm³/mol. The standard InChI is InChI=1S/C17H14BrNO/c1-2-11-6-5-8-12-14(10-19-16(11)12)17(20)13-7-3-4-9-15(13)18/h3-10,19H,2H2,1H3. The highest BCUT2D eigenvalue weighted by Crippen LogP contribution is 2.26. The highest BCUT2D eigenvalue weighted by atomic mass is 79.9. The molecule has 20 heavy (non-hydrogen) atoms. The molecule has 100 valence electrons. The van der Waals surface area contributed by atoms with E-state index in [1.165, 1.54) is 5.56 Å². The summed E-state index contributed by atoms with van der Waals surface area (Å²) in [5.74, 6) is 0.0389. The number of hydrogen-bond acceptors (Lipinski definition) is 1. The van der Waals surface area contributed by atoms with Crippen molar-refractivity contribution in [1.29, 1.82) is 0 Å². The van der Waals surface area contributed by atoms with Gasteiger partial charge in [-0.1, -0.05) is 53.2 Å². The summed E-state index contributed by atoms with van der Waals surface area (Å²) in [6.45, 7) is 2.12. The van der Waals surface area contributed by atoms with Gasteiger partial charge >= 0.3 is 0 Å². The van der Waals surface area contributed by atoms with Gasteiger partial charge in [0.15, 0.2) is 5.78 Å². The van der Waals surface area contributed by atoms with Gasteiger partial charge in [0.05, 0.1) is 0 Å². The van der Waals surface area contributed by atoms with Gasteiger partial charge in [0.2, 0.25) is 0 Å². The molecule has 1 N–H and O–H groups in total. The lowest BCUT2D eigenvalue weighted by Crippen LogP contribution is -2.01. The van der Waals surface area contributed by atoms with E-state index in [0.29, 0.717) is 5.56 Å². The molecule has 2 nitrogen and oxygen atoms in total. The predicted octanol–water partition coefficient (Wildman–Crippen LogP) is 4.72. The highest BCUT2D eigenvalue weighted by molar-refractivity contribution is 9.10. The fraction of sp³-hybridized carbons (Fsp3) is 0.118. The lowest BCUT2D eigenvalue weighted by Gasteiger charge is -2.03. The minimum atomic E-state index is 0.0389. The highest BCUT2D eigenvalue weighted by Gasteiger charge is 2.16. The summed E-state index contributed by atoms with van der Waals surface area (Å²) in [6.07, 6.45) is 2.76. The van der Waals surface area contributed by atoms with E-state index in [1.807, 2.05) is 42.6 Å². The second kappa shape index (κ2) is 5.25. The quantitative estimate of drug-likeness (QED) is 0.693. The van der Waals surface area contributed by atoms with Gasteiger partial charge in [0, 0.05) is 32.7 Å². The van der Waals surface area contributed by atoms with Crippen LogP contribution in [-0.2, 0) is 6.42 Å². The molecule has 0 saturated carbocycles. The van der Waals surface area contributed by atoms with Crippen LogP contribution in [0.2, 0.25) is 0 Å². The zero-order valence-electron chi connectivity index (χ0n) is 11.1. The molecule has 0 unspecified atom stereocenters. The van der Waals surface area contributed by atoms with Crippen LogP contribution in [0.3, 0.4) is 0 Å². The fourth-order valence-corrected chi connectivity index (χ4v) is 2.95. The Morgan fingerprint density at radius 2 is 1.90 bits per heavy atom. The molecule has 0 fully saturated rings. The molecular weight excluding hydrogens is 314 g/mol. The Morgan fingerprint density at radius 1 is 1.10 bits per heavy atom. The Kier molecular flexibility index (Phi) is 3.45. The largest absolute Gasteiger partial charge is 0.360 e. The molecule has 0 amide bonds. The molecule has 0 aliphatic heterocycles. The first kappa shape index (κ1) is 13.1.